The molecule has 1 saturated heterocycles. The van der Waals surface area contributed by atoms with E-state index in [0.717, 1.165) is 30.7 Å². The number of amides is 1. The second kappa shape index (κ2) is 12.1. The molecule has 1 rings (SSSR count). The maximum atomic E-state index is 11.9. The summed E-state index contributed by atoms with van der Waals surface area (Å²) in [6, 6.07) is -0.585. The van der Waals surface area contributed by atoms with E-state index in [0.29, 0.717) is 19.4 Å². The number of nitrogens with two attached hydrogens (primary N) is 1. The Morgan fingerprint density at radius 2 is 1.83 bits per heavy atom. The molecule has 0 aromatic carbocycles. The van der Waals surface area contributed by atoms with Crippen LogP contribution in [-0.4, -0.2) is 29.5 Å². The van der Waals surface area contributed by atoms with E-state index < -0.39 is 6.04 Å². The Kier molecular flexibility index (Phi) is 10.4. The topological polar surface area (TPSA) is 72.6 Å². The molecule has 1 unspecified atom stereocenters. The first-order valence-corrected chi connectivity index (χ1v) is 9.05. The Bertz CT molecular complexity index is 382. The van der Waals surface area contributed by atoms with E-state index in [2.05, 4.69) is 19.1 Å². The van der Waals surface area contributed by atoms with Crippen LogP contribution < -0.4 is 5.84 Å². The van der Waals surface area contributed by atoms with Gasteiger partial charge in [0.25, 0.3) is 0 Å². The van der Waals surface area contributed by atoms with E-state index in [9.17, 15) is 9.59 Å². The summed E-state index contributed by atoms with van der Waals surface area (Å²) >= 11 is 0. The SMILES string of the molecule is CCCCCCC=CCCCCCC(=O)N(N)C1CCOC1=O. The monoisotopic (exact) mass is 324 g/mol. The van der Waals surface area contributed by atoms with Crippen molar-refractivity contribution in [3.05, 3.63) is 12.2 Å². The Balaban J connectivity index is 1.98. The van der Waals surface area contributed by atoms with E-state index in [1.54, 1.807) is 0 Å². The molecule has 1 amide bonds. The number of allylic oxidation sites excluding steroid dienone is 2. The summed E-state index contributed by atoms with van der Waals surface area (Å²) in [7, 11) is 0. The lowest BCUT2D eigenvalue weighted by molar-refractivity contribution is -0.148. The zero-order valence-corrected chi connectivity index (χ0v) is 14.5. The molecule has 5 nitrogen and oxygen atoms in total. The van der Waals surface area contributed by atoms with Crippen LogP contribution in [0.5, 0.6) is 0 Å². The highest BCUT2D eigenvalue weighted by molar-refractivity contribution is 5.85. The third-order valence-corrected chi connectivity index (χ3v) is 4.18. The van der Waals surface area contributed by atoms with Crippen LogP contribution in [-0.2, 0) is 14.3 Å². The van der Waals surface area contributed by atoms with Crippen LogP contribution in [0.3, 0.4) is 0 Å². The minimum absolute atomic E-state index is 0.166. The summed E-state index contributed by atoms with van der Waals surface area (Å²) in [4.78, 5) is 23.3. The minimum atomic E-state index is -0.585. The van der Waals surface area contributed by atoms with Gasteiger partial charge in [0, 0.05) is 12.8 Å². The highest BCUT2D eigenvalue weighted by atomic mass is 16.5. The molecule has 1 atom stereocenters. The zero-order valence-electron chi connectivity index (χ0n) is 14.5. The van der Waals surface area contributed by atoms with Gasteiger partial charge in [0.1, 0.15) is 6.04 Å². The van der Waals surface area contributed by atoms with E-state index in [1.807, 2.05) is 0 Å². The van der Waals surface area contributed by atoms with Gasteiger partial charge in [-0.2, -0.15) is 0 Å². The molecule has 5 heteroatoms. The van der Waals surface area contributed by atoms with Gasteiger partial charge < -0.3 is 4.74 Å². The van der Waals surface area contributed by atoms with Gasteiger partial charge in [-0.15, -0.1) is 0 Å². The number of carbonyl (C=O) groups is 2. The molecular formula is C18H32N2O3. The van der Waals surface area contributed by atoms with E-state index in [-0.39, 0.29) is 11.9 Å². The van der Waals surface area contributed by atoms with Crippen molar-refractivity contribution in [2.45, 2.75) is 83.6 Å². The molecule has 0 aromatic heterocycles. The van der Waals surface area contributed by atoms with E-state index in [1.165, 1.54) is 32.1 Å². The van der Waals surface area contributed by atoms with Gasteiger partial charge >= 0.3 is 5.97 Å². The molecule has 132 valence electrons. The van der Waals surface area contributed by atoms with Gasteiger partial charge in [0.2, 0.25) is 5.91 Å². The largest absolute Gasteiger partial charge is 0.464 e. The van der Waals surface area contributed by atoms with Crippen LogP contribution in [0, 0.1) is 0 Å². The highest BCUT2D eigenvalue weighted by Gasteiger charge is 2.33. The summed E-state index contributed by atoms with van der Waals surface area (Å²) in [5.41, 5.74) is 0. The second-order valence-corrected chi connectivity index (χ2v) is 6.19. The van der Waals surface area contributed by atoms with Gasteiger partial charge in [-0.25, -0.2) is 10.6 Å². The molecular weight excluding hydrogens is 292 g/mol. The fourth-order valence-corrected chi connectivity index (χ4v) is 2.68. The van der Waals surface area contributed by atoms with Crippen molar-refractivity contribution >= 4 is 11.9 Å². The summed E-state index contributed by atoms with van der Waals surface area (Å²) < 4.78 is 4.83. The van der Waals surface area contributed by atoms with Crippen molar-refractivity contribution in [3.63, 3.8) is 0 Å². The number of ether oxygens (including phenoxy) is 1. The quantitative estimate of drug-likeness (QED) is 0.149. The van der Waals surface area contributed by atoms with Crippen LogP contribution in [0.15, 0.2) is 12.2 Å². The summed E-state index contributed by atoms with van der Waals surface area (Å²) in [5.74, 6) is 5.16. The van der Waals surface area contributed by atoms with Crippen molar-refractivity contribution in [2.75, 3.05) is 6.61 Å². The molecule has 1 fully saturated rings. The number of unbranched alkanes of at least 4 members (excludes halogenated alkanes) is 7. The summed E-state index contributed by atoms with van der Waals surface area (Å²) in [6.45, 7) is 2.58. The number of hydrogen-bond acceptors (Lipinski definition) is 4. The van der Waals surface area contributed by atoms with Crippen LogP contribution >= 0.6 is 0 Å². The fraction of sp³-hybridized carbons (Fsp3) is 0.778. The Hall–Kier alpha value is -1.36. The molecule has 0 spiro atoms. The Morgan fingerprint density at radius 3 is 2.39 bits per heavy atom. The van der Waals surface area contributed by atoms with Crippen LogP contribution in [0.25, 0.3) is 0 Å². The van der Waals surface area contributed by atoms with Gasteiger partial charge in [-0.05, 0) is 32.1 Å². The van der Waals surface area contributed by atoms with Gasteiger partial charge in [0.15, 0.2) is 0 Å². The maximum Gasteiger partial charge on any atom is 0.330 e. The number of cyclic esters (lactones) is 1. The average Bonchev–Trinajstić information content (AvgIpc) is 2.97. The lowest BCUT2D eigenvalue weighted by Crippen LogP contribution is -2.47. The number of carbonyl (C=O) groups excluding carboxylic acids is 2. The summed E-state index contributed by atoms with van der Waals surface area (Å²) in [5, 5.41) is 1.06. The van der Waals surface area contributed by atoms with Crippen molar-refractivity contribution in [2.24, 2.45) is 5.84 Å². The number of esters is 1. The smallest absolute Gasteiger partial charge is 0.330 e. The first kappa shape index (κ1) is 19.7. The van der Waals surface area contributed by atoms with Crippen molar-refractivity contribution in [3.8, 4) is 0 Å². The van der Waals surface area contributed by atoms with E-state index in [4.69, 9.17) is 10.6 Å². The highest BCUT2D eigenvalue weighted by Crippen LogP contribution is 2.13. The van der Waals surface area contributed by atoms with Crippen LogP contribution in [0.1, 0.15) is 77.6 Å². The predicted molar refractivity (Wildman–Crippen MR) is 91.4 cm³/mol. The van der Waals surface area contributed by atoms with Crippen LogP contribution in [0.4, 0.5) is 0 Å². The predicted octanol–water partition coefficient (Wildman–Crippen LogP) is 3.48. The van der Waals surface area contributed by atoms with Gasteiger partial charge in [-0.1, -0.05) is 44.8 Å². The van der Waals surface area contributed by atoms with Crippen molar-refractivity contribution in [1.82, 2.24) is 5.01 Å². The lowest BCUT2D eigenvalue weighted by atomic mass is 10.1. The molecule has 0 aromatic rings. The second-order valence-electron chi connectivity index (χ2n) is 6.19. The number of nitrogens with zero attached hydrogens (tertiary/aromatic N) is 1. The first-order chi connectivity index (χ1) is 11.2. The summed E-state index contributed by atoms with van der Waals surface area (Å²) in [6.07, 6.45) is 15.8. The molecule has 1 aliphatic heterocycles. The fourth-order valence-electron chi connectivity index (χ4n) is 2.68. The zero-order chi connectivity index (χ0) is 16.9. The van der Waals surface area contributed by atoms with Crippen molar-refractivity contribution < 1.29 is 14.3 Å². The molecule has 1 heterocycles. The molecule has 23 heavy (non-hydrogen) atoms. The number of hydrogen-bond donors (Lipinski definition) is 1. The maximum absolute atomic E-state index is 11.9. The minimum Gasteiger partial charge on any atom is -0.464 e. The Morgan fingerprint density at radius 1 is 1.17 bits per heavy atom. The number of hydrazine groups is 1. The third kappa shape index (κ3) is 8.16. The first-order valence-electron chi connectivity index (χ1n) is 9.05. The normalized spacial score (nSPS) is 17.7. The standard InChI is InChI=1S/C18H32N2O3/c1-2-3-4-5-6-7-8-9-10-11-12-13-17(21)20(19)16-14-15-23-18(16)22/h7-8,16H,2-6,9-15,19H2,1H3. The molecule has 2 N–H and O–H groups in total. The molecule has 0 saturated carbocycles. The van der Waals surface area contributed by atoms with E-state index >= 15 is 0 Å². The molecule has 0 aliphatic carbocycles. The Labute approximate surface area is 140 Å². The molecule has 1 aliphatic rings. The van der Waals surface area contributed by atoms with Gasteiger partial charge in [-0.3, -0.25) is 9.80 Å². The van der Waals surface area contributed by atoms with Gasteiger partial charge in [0.05, 0.1) is 6.61 Å². The molecule has 0 bridgehead atoms. The lowest BCUT2D eigenvalue weighted by Gasteiger charge is -2.20. The molecule has 0 radical (unpaired) electrons. The van der Waals surface area contributed by atoms with Crippen molar-refractivity contribution in [1.29, 1.82) is 0 Å². The van der Waals surface area contributed by atoms with Crippen LogP contribution in [0.2, 0.25) is 0 Å². The average molecular weight is 324 g/mol. The number of rotatable bonds is 12. The third-order valence-electron chi connectivity index (χ3n) is 4.18.